The zero-order valence-corrected chi connectivity index (χ0v) is 48.0. The van der Waals surface area contributed by atoms with E-state index in [1.54, 1.807) is 0 Å². The Labute approximate surface area is 443 Å². The van der Waals surface area contributed by atoms with Crippen LogP contribution in [0.4, 0.5) is 0 Å². The minimum Gasteiger partial charge on any atom is -0.466 e. The van der Waals surface area contributed by atoms with E-state index < -0.39 is 12.1 Å². The second kappa shape index (κ2) is 60.9. The van der Waals surface area contributed by atoms with Gasteiger partial charge in [-0.1, -0.05) is 289 Å². The number of hydrogen-bond acceptors (Lipinski definition) is 5. The van der Waals surface area contributed by atoms with Gasteiger partial charge < -0.3 is 20.3 Å². The van der Waals surface area contributed by atoms with Crippen LogP contribution in [0.15, 0.2) is 24.3 Å². The van der Waals surface area contributed by atoms with Crippen LogP contribution in [0.25, 0.3) is 0 Å². The average Bonchev–Trinajstić information content (AvgIpc) is 3.37. The summed E-state index contributed by atoms with van der Waals surface area (Å²) in [5.41, 5.74) is 0. The zero-order valence-electron chi connectivity index (χ0n) is 48.0. The Hall–Kier alpha value is -1.66. The lowest BCUT2D eigenvalue weighted by Gasteiger charge is -2.22. The first-order valence-corrected chi connectivity index (χ1v) is 32.1. The molecule has 0 fully saturated rings. The van der Waals surface area contributed by atoms with Crippen molar-refractivity contribution in [2.45, 2.75) is 366 Å². The second-order valence-electron chi connectivity index (χ2n) is 22.1. The van der Waals surface area contributed by atoms with Crippen LogP contribution in [0.2, 0.25) is 0 Å². The third-order valence-corrected chi connectivity index (χ3v) is 15.0. The molecular formula is C65H125NO5. The fraction of sp³-hybridized carbons (Fsp3) is 0.908. The van der Waals surface area contributed by atoms with Crippen molar-refractivity contribution in [2.24, 2.45) is 0 Å². The number of unbranched alkanes of at least 4 members (excludes halogenated alkanes) is 45. The fourth-order valence-corrected chi connectivity index (χ4v) is 10.0. The van der Waals surface area contributed by atoms with Gasteiger partial charge in [0.15, 0.2) is 0 Å². The number of amides is 1. The highest BCUT2D eigenvalue weighted by Gasteiger charge is 2.20. The van der Waals surface area contributed by atoms with E-state index >= 15 is 0 Å². The van der Waals surface area contributed by atoms with Gasteiger partial charge in [0.05, 0.1) is 25.4 Å². The van der Waals surface area contributed by atoms with Crippen LogP contribution in [0.3, 0.4) is 0 Å². The molecule has 3 N–H and O–H groups in total. The van der Waals surface area contributed by atoms with Gasteiger partial charge in [-0.05, 0) is 77.0 Å². The van der Waals surface area contributed by atoms with E-state index in [-0.39, 0.29) is 18.5 Å². The molecule has 2 atom stereocenters. The van der Waals surface area contributed by atoms with Crippen LogP contribution >= 0.6 is 0 Å². The monoisotopic (exact) mass is 1000 g/mol. The summed E-state index contributed by atoms with van der Waals surface area (Å²) >= 11 is 0. The number of allylic oxidation sites excluding steroid dienone is 4. The average molecular weight is 1000 g/mol. The maximum Gasteiger partial charge on any atom is 0.305 e. The number of ether oxygens (including phenoxy) is 1. The van der Waals surface area contributed by atoms with Gasteiger partial charge in [-0.2, -0.15) is 0 Å². The Morgan fingerprint density at radius 2 is 0.662 bits per heavy atom. The Bertz CT molecular complexity index is 1110. The molecule has 0 aliphatic heterocycles. The van der Waals surface area contributed by atoms with Gasteiger partial charge in [0.1, 0.15) is 0 Å². The van der Waals surface area contributed by atoms with Gasteiger partial charge in [-0.3, -0.25) is 9.59 Å². The highest BCUT2D eigenvalue weighted by Crippen LogP contribution is 2.18. The summed E-state index contributed by atoms with van der Waals surface area (Å²) in [5.74, 6) is -0.0417. The van der Waals surface area contributed by atoms with Crippen LogP contribution in [-0.4, -0.2) is 47.4 Å². The number of carbonyl (C=O) groups excluding carboxylic acids is 2. The summed E-state index contributed by atoms with van der Waals surface area (Å²) in [5, 5.41) is 23.4. The molecule has 0 spiro atoms. The Morgan fingerprint density at radius 3 is 1.00 bits per heavy atom. The fourth-order valence-electron chi connectivity index (χ4n) is 10.0. The number of carbonyl (C=O) groups is 2. The van der Waals surface area contributed by atoms with Crippen molar-refractivity contribution in [1.29, 1.82) is 0 Å². The maximum atomic E-state index is 12.5. The molecular weight excluding hydrogens is 875 g/mol. The van der Waals surface area contributed by atoms with E-state index in [0.717, 1.165) is 44.9 Å². The topological polar surface area (TPSA) is 95.9 Å². The van der Waals surface area contributed by atoms with Crippen molar-refractivity contribution in [2.75, 3.05) is 13.2 Å². The van der Waals surface area contributed by atoms with E-state index in [1.807, 2.05) is 0 Å². The minimum absolute atomic E-state index is 0.00105. The van der Waals surface area contributed by atoms with E-state index in [0.29, 0.717) is 25.9 Å². The highest BCUT2D eigenvalue weighted by molar-refractivity contribution is 5.76. The minimum atomic E-state index is -0.670. The molecule has 0 aromatic carbocycles. The van der Waals surface area contributed by atoms with Gasteiger partial charge >= 0.3 is 5.97 Å². The number of rotatable bonds is 60. The standard InChI is InChI=1S/C65H125NO5/c1-3-5-7-9-11-13-15-17-19-20-23-26-30-33-37-41-45-49-53-57-63(68)62(61-67)66-64(69)58-54-50-46-42-38-34-31-27-24-21-22-25-28-32-36-40-44-48-52-56-60-71-65(70)59-55-51-47-43-39-35-29-18-16-14-12-10-8-6-4-2/h18,21,24,29,62-63,67-68H,3-17,19-20,22-23,25-28,30-61H2,1-2H3,(H,66,69)/b24-21-,29-18-. The molecule has 71 heavy (non-hydrogen) atoms. The molecule has 0 aromatic rings. The van der Waals surface area contributed by atoms with Crippen molar-refractivity contribution in [3.8, 4) is 0 Å². The second-order valence-corrected chi connectivity index (χ2v) is 22.1. The molecule has 0 aliphatic rings. The molecule has 0 aliphatic carbocycles. The molecule has 1 amide bonds. The molecule has 2 unspecified atom stereocenters. The maximum absolute atomic E-state index is 12.5. The summed E-state index contributed by atoms with van der Waals surface area (Å²) in [7, 11) is 0. The first kappa shape index (κ1) is 69.3. The lowest BCUT2D eigenvalue weighted by atomic mass is 10.0. The number of aliphatic hydroxyl groups excluding tert-OH is 2. The first-order valence-electron chi connectivity index (χ1n) is 32.1. The summed E-state index contributed by atoms with van der Waals surface area (Å²) in [6.45, 7) is 4.96. The molecule has 6 nitrogen and oxygen atoms in total. The van der Waals surface area contributed by atoms with Gasteiger partial charge in [0.2, 0.25) is 5.91 Å². The van der Waals surface area contributed by atoms with E-state index in [1.165, 1.54) is 276 Å². The number of aliphatic hydroxyl groups is 2. The smallest absolute Gasteiger partial charge is 0.305 e. The molecule has 6 heteroatoms. The lowest BCUT2D eigenvalue weighted by molar-refractivity contribution is -0.143. The van der Waals surface area contributed by atoms with Crippen LogP contribution in [0.5, 0.6) is 0 Å². The van der Waals surface area contributed by atoms with Crippen molar-refractivity contribution in [1.82, 2.24) is 5.32 Å². The van der Waals surface area contributed by atoms with E-state index in [4.69, 9.17) is 4.74 Å². The zero-order chi connectivity index (χ0) is 51.4. The third kappa shape index (κ3) is 57.5. The molecule has 0 rings (SSSR count). The predicted octanol–water partition coefficient (Wildman–Crippen LogP) is 20.2. The van der Waals surface area contributed by atoms with Crippen molar-refractivity contribution < 1.29 is 24.5 Å². The number of nitrogens with one attached hydrogen (secondary N) is 1. The molecule has 0 radical (unpaired) electrons. The number of esters is 1. The Kier molecular flexibility index (Phi) is 59.5. The van der Waals surface area contributed by atoms with Gasteiger partial charge in [-0.15, -0.1) is 0 Å². The highest BCUT2D eigenvalue weighted by atomic mass is 16.5. The van der Waals surface area contributed by atoms with Gasteiger partial charge in [0, 0.05) is 12.8 Å². The quantitative estimate of drug-likeness (QED) is 0.0320. The predicted molar refractivity (Wildman–Crippen MR) is 310 cm³/mol. The van der Waals surface area contributed by atoms with Gasteiger partial charge in [0.25, 0.3) is 0 Å². The SMILES string of the molecule is CCCCCCCC/C=C\CCCCCCCC(=O)OCCCCCCCCCCC/C=C\CCCCCCCCCC(=O)NC(CO)C(O)CCCCCCCCCCCCCCCCCCCCC. The van der Waals surface area contributed by atoms with Crippen molar-refractivity contribution >= 4 is 11.9 Å². The summed E-state index contributed by atoms with van der Waals surface area (Å²) in [4.78, 5) is 24.6. The molecule has 0 heterocycles. The molecule has 0 aromatic heterocycles. The van der Waals surface area contributed by atoms with Crippen molar-refractivity contribution in [3.05, 3.63) is 24.3 Å². The summed E-state index contributed by atoms with van der Waals surface area (Å²) < 4.78 is 5.48. The summed E-state index contributed by atoms with van der Waals surface area (Å²) in [6.07, 6.45) is 74.7. The molecule has 420 valence electrons. The largest absolute Gasteiger partial charge is 0.466 e. The summed E-state index contributed by atoms with van der Waals surface area (Å²) in [6, 6.07) is -0.548. The van der Waals surface area contributed by atoms with Gasteiger partial charge in [-0.25, -0.2) is 0 Å². The Morgan fingerprint density at radius 1 is 0.380 bits per heavy atom. The normalized spacial score (nSPS) is 12.7. The van der Waals surface area contributed by atoms with Crippen molar-refractivity contribution in [3.63, 3.8) is 0 Å². The van der Waals surface area contributed by atoms with Crippen LogP contribution < -0.4 is 5.32 Å². The molecule has 0 bridgehead atoms. The van der Waals surface area contributed by atoms with Crippen LogP contribution in [0.1, 0.15) is 354 Å². The number of hydrogen-bond donors (Lipinski definition) is 3. The van der Waals surface area contributed by atoms with Crippen LogP contribution in [-0.2, 0) is 14.3 Å². The van der Waals surface area contributed by atoms with Crippen LogP contribution in [0, 0.1) is 0 Å². The van der Waals surface area contributed by atoms with E-state index in [2.05, 4.69) is 43.5 Å². The first-order chi connectivity index (χ1) is 35.0. The molecule has 0 saturated heterocycles. The van der Waals surface area contributed by atoms with E-state index in [9.17, 15) is 19.8 Å². The lowest BCUT2D eigenvalue weighted by Crippen LogP contribution is -2.45. The third-order valence-electron chi connectivity index (χ3n) is 15.0. The molecule has 0 saturated carbocycles. The Balaban J connectivity index is 3.43.